The molecule has 0 spiro atoms. The molecule has 1 unspecified atom stereocenters. The van der Waals surface area contributed by atoms with Gasteiger partial charge in [-0.15, -0.1) is 6.42 Å². The van der Waals surface area contributed by atoms with Gasteiger partial charge < -0.3 is 19.5 Å². The van der Waals surface area contributed by atoms with Gasteiger partial charge in [-0.1, -0.05) is 42.3 Å². The highest BCUT2D eigenvalue weighted by atomic mass is 16.5. The Morgan fingerprint density at radius 3 is 2.47 bits per heavy atom. The zero-order chi connectivity index (χ0) is 23.9. The maximum absolute atomic E-state index is 13.1. The van der Waals surface area contributed by atoms with Crippen molar-refractivity contribution < 1.29 is 19.4 Å². The van der Waals surface area contributed by atoms with Crippen LogP contribution < -0.4 is 4.90 Å². The lowest BCUT2D eigenvalue weighted by atomic mass is 9.65. The number of piperidine rings is 3. The number of ether oxygens (including phenoxy) is 2. The average molecular weight is 461 g/mol. The summed E-state index contributed by atoms with van der Waals surface area (Å²) in [5.74, 6) is 2.90. The van der Waals surface area contributed by atoms with Crippen molar-refractivity contribution in [3.63, 3.8) is 0 Å². The molecule has 1 N–H and O–H groups in total. The molecule has 4 saturated heterocycles. The van der Waals surface area contributed by atoms with Crippen molar-refractivity contribution in [2.75, 3.05) is 38.8 Å². The largest absolute Gasteiger partial charge is 0.382 e. The standard InChI is InChI=1S/C28H32N2O4/c1-4-25-28(32,21-12-14-29(25)15-13-21)23-11-10-22(17-20(23)16-19-8-6-5-7-9-19)30-18-24(33-2)26(34-3)27(30)31/h1,5-11,17,21,24-26,32H,12-16,18H2,2-3H3/t24-,25?,26-,28-/m1/s1. The summed E-state index contributed by atoms with van der Waals surface area (Å²) in [6.45, 7) is 2.27. The number of carbonyl (C=O) groups is 1. The van der Waals surface area contributed by atoms with Gasteiger partial charge >= 0.3 is 0 Å². The molecule has 4 aliphatic heterocycles. The number of fused-ring (bicyclic) bond motifs is 3. The summed E-state index contributed by atoms with van der Waals surface area (Å²) in [5, 5.41) is 12.2. The minimum Gasteiger partial charge on any atom is -0.382 e. The van der Waals surface area contributed by atoms with Gasteiger partial charge in [0, 0.05) is 19.9 Å². The van der Waals surface area contributed by atoms with Gasteiger partial charge in [0.05, 0.1) is 6.54 Å². The number of methoxy groups -OCH3 is 2. The smallest absolute Gasteiger partial charge is 0.258 e. The molecule has 2 bridgehead atoms. The molecule has 6 nitrogen and oxygen atoms in total. The van der Waals surface area contributed by atoms with Crippen molar-refractivity contribution in [1.29, 1.82) is 0 Å². The molecular formula is C28H32N2O4. The van der Waals surface area contributed by atoms with Gasteiger partial charge in [-0.05, 0) is 67.1 Å². The number of benzene rings is 2. The topological polar surface area (TPSA) is 62.2 Å². The second-order valence-corrected chi connectivity index (χ2v) is 9.59. The van der Waals surface area contributed by atoms with Crippen LogP contribution in [0.5, 0.6) is 0 Å². The molecule has 4 fully saturated rings. The van der Waals surface area contributed by atoms with Gasteiger partial charge in [0.15, 0.2) is 6.10 Å². The number of carbonyl (C=O) groups excluding carboxylic acids is 1. The van der Waals surface area contributed by atoms with Crippen LogP contribution in [0.25, 0.3) is 0 Å². The quantitative estimate of drug-likeness (QED) is 0.672. The minimum atomic E-state index is -1.12. The van der Waals surface area contributed by atoms with Gasteiger partial charge in [-0.3, -0.25) is 9.69 Å². The van der Waals surface area contributed by atoms with Crippen molar-refractivity contribution >= 4 is 11.6 Å². The monoisotopic (exact) mass is 460 g/mol. The summed E-state index contributed by atoms with van der Waals surface area (Å²) in [4.78, 5) is 17.0. The van der Waals surface area contributed by atoms with Gasteiger partial charge in [-0.25, -0.2) is 0 Å². The lowest BCUT2D eigenvalue weighted by Crippen LogP contribution is -2.63. The van der Waals surface area contributed by atoms with E-state index in [1.807, 2.05) is 36.4 Å². The van der Waals surface area contributed by atoms with Crippen LogP contribution in [0.15, 0.2) is 48.5 Å². The third-order valence-corrected chi connectivity index (χ3v) is 7.93. The predicted molar refractivity (Wildman–Crippen MR) is 130 cm³/mol. The Balaban J connectivity index is 1.59. The molecule has 4 heterocycles. The first kappa shape index (κ1) is 23.1. The SMILES string of the molecule is C#CC1N2CCC(CC2)[C@@]1(O)c1ccc(N2C[C@@H](OC)[C@@H](OC)C2=O)cc1Cc1ccccc1. The van der Waals surface area contributed by atoms with Gasteiger partial charge in [0.1, 0.15) is 17.7 Å². The normalized spacial score (nSPS) is 32.7. The van der Waals surface area contributed by atoms with E-state index in [1.165, 1.54) is 7.11 Å². The molecule has 0 radical (unpaired) electrons. The van der Waals surface area contributed by atoms with E-state index in [-0.39, 0.29) is 24.0 Å². The lowest BCUT2D eigenvalue weighted by Gasteiger charge is -2.55. The van der Waals surface area contributed by atoms with E-state index in [0.29, 0.717) is 13.0 Å². The fourth-order valence-electron chi connectivity index (χ4n) is 6.16. The summed E-state index contributed by atoms with van der Waals surface area (Å²) in [5.41, 5.74) is 2.66. The molecule has 6 rings (SSSR count). The van der Waals surface area contributed by atoms with Crippen LogP contribution >= 0.6 is 0 Å². The predicted octanol–water partition coefficient (Wildman–Crippen LogP) is 2.57. The third-order valence-electron chi connectivity index (χ3n) is 7.93. The highest BCUT2D eigenvalue weighted by Crippen LogP contribution is 2.48. The number of hydrogen-bond acceptors (Lipinski definition) is 5. The van der Waals surface area contributed by atoms with E-state index in [0.717, 1.165) is 48.3 Å². The molecule has 1 amide bonds. The van der Waals surface area contributed by atoms with E-state index >= 15 is 0 Å². The summed E-state index contributed by atoms with van der Waals surface area (Å²) in [6.07, 6.45) is 7.52. The Morgan fingerprint density at radius 1 is 1.12 bits per heavy atom. The van der Waals surface area contributed by atoms with Gasteiger partial charge in [0.2, 0.25) is 0 Å². The molecule has 0 saturated carbocycles. The molecular weight excluding hydrogens is 428 g/mol. The zero-order valence-electron chi connectivity index (χ0n) is 19.8. The molecule has 4 aliphatic rings. The maximum atomic E-state index is 13.1. The molecule has 0 aromatic heterocycles. The number of terminal acetylenes is 1. The van der Waals surface area contributed by atoms with E-state index in [1.54, 1.807) is 12.0 Å². The number of anilines is 1. The third kappa shape index (κ3) is 3.64. The summed E-state index contributed by atoms with van der Waals surface area (Å²) in [6, 6.07) is 15.8. The Hall–Kier alpha value is -2.69. The highest BCUT2D eigenvalue weighted by Gasteiger charge is 2.54. The number of amides is 1. The summed E-state index contributed by atoms with van der Waals surface area (Å²) >= 11 is 0. The molecule has 2 aromatic rings. The molecule has 34 heavy (non-hydrogen) atoms. The maximum Gasteiger partial charge on any atom is 0.258 e. The summed E-state index contributed by atoms with van der Waals surface area (Å²) < 4.78 is 10.9. The minimum absolute atomic E-state index is 0.114. The second-order valence-electron chi connectivity index (χ2n) is 9.59. The first-order chi connectivity index (χ1) is 16.5. The molecule has 4 atom stereocenters. The van der Waals surface area contributed by atoms with Crippen LogP contribution in [-0.4, -0.2) is 68.0 Å². The van der Waals surface area contributed by atoms with Crippen LogP contribution in [0.4, 0.5) is 5.69 Å². The van der Waals surface area contributed by atoms with E-state index in [9.17, 15) is 9.90 Å². The Morgan fingerprint density at radius 2 is 1.85 bits per heavy atom. The van der Waals surface area contributed by atoms with Crippen LogP contribution in [-0.2, 0) is 26.3 Å². The Bertz CT molecular complexity index is 1090. The average Bonchev–Trinajstić information content (AvgIpc) is 3.20. The van der Waals surface area contributed by atoms with Gasteiger partial charge in [-0.2, -0.15) is 0 Å². The highest BCUT2D eigenvalue weighted by molar-refractivity contribution is 5.99. The fraction of sp³-hybridized carbons (Fsp3) is 0.464. The Kier molecular flexibility index (Phi) is 6.22. The molecule has 6 heteroatoms. The number of nitrogens with zero attached hydrogens (tertiary/aromatic N) is 2. The van der Waals surface area contributed by atoms with Crippen LogP contribution in [0.3, 0.4) is 0 Å². The first-order valence-electron chi connectivity index (χ1n) is 12.0. The van der Waals surface area contributed by atoms with E-state index < -0.39 is 11.7 Å². The van der Waals surface area contributed by atoms with Crippen LogP contribution in [0.2, 0.25) is 0 Å². The van der Waals surface area contributed by atoms with Gasteiger partial charge in [0.25, 0.3) is 5.91 Å². The molecule has 2 aromatic carbocycles. The number of hydrogen-bond donors (Lipinski definition) is 1. The lowest BCUT2D eigenvalue weighted by molar-refractivity contribution is -0.143. The van der Waals surface area contributed by atoms with Crippen molar-refractivity contribution in [2.45, 2.75) is 43.1 Å². The molecule has 178 valence electrons. The number of rotatable bonds is 6. The Labute approximate surface area is 201 Å². The van der Waals surface area contributed by atoms with Crippen molar-refractivity contribution in [3.8, 4) is 12.3 Å². The zero-order valence-corrected chi connectivity index (χ0v) is 19.8. The van der Waals surface area contributed by atoms with E-state index in [2.05, 4.69) is 23.0 Å². The number of aliphatic hydroxyl groups is 1. The van der Waals surface area contributed by atoms with Crippen molar-refractivity contribution in [3.05, 3.63) is 65.2 Å². The fourth-order valence-corrected chi connectivity index (χ4v) is 6.16. The van der Waals surface area contributed by atoms with Crippen molar-refractivity contribution in [1.82, 2.24) is 4.90 Å². The first-order valence-corrected chi connectivity index (χ1v) is 12.0. The van der Waals surface area contributed by atoms with Crippen molar-refractivity contribution in [2.24, 2.45) is 5.92 Å². The molecule has 0 aliphatic carbocycles. The van der Waals surface area contributed by atoms with E-state index in [4.69, 9.17) is 15.9 Å². The van der Waals surface area contributed by atoms with Crippen LogP contribution in [0.1, 0.15) is 29.5 Å². The second kappa shape index (κ2) is 9.16. The summed E-state index contributed by atoms with van der Waals surface area (Å²) in [7, 11) is 3.13. The van der Waals surface area contributed by atoms with Crippen LogP contribution in [0, 0.1) is 18.3 Å².